The Labute approximate surface area is 126 Å². The molecule has 1 aliphatic heterocycles. The first-order valence-electron chi connectivity index (χ1n) is 7.35. The number of hydrogen-bond acceptors (Lipinski definition) is 4. The third-order valence-electron chi connectivity index (χ3n) is 4.11. The van der Waals surface area contributed by atoms with Crippen LogP contribution in [0.3, 0.4) is 0 Å². The summed E-state index contributed by atoms with van der Waals surface area (Å²) in [6, 6.07) is 5.26. The molecule has 1 fully saturated rings. The second-order valence-electron chi connectivity index (χ2n) is 6.44. The highest BCUT2D eigenvalue weighted by atomic mass is 16.5. The van der Waals surface area contributed by atoms with Crippen molar-refractivity contribution in [3.05, 3.63) is 18.2 Å². The van der Waals surface area contributed by atoms with Crippen LogP contribution in [0.5, 0.6) is 5.75 Å². The topological polar surface area (TPSA) is 67.6 Å². The minimum absolute atomic E-state index is 0.0217. The summed E-state index contributed by atoms with van der Waals surface area (Å²) in [6.45, 7) is 6.92. The van der Waals surface area contributed by atoms with E-state index in [1.807, 2.05) is 0 Å². The molecule has 2 rings (SSSR count). The van der Waals surface area contributed by atoms with Gasteiger partial charge in [-0.05, 0) is 43.5 Å². The zero-order chi connectivity index (χ0) is 15.5. The first kappa shape index (κ1) is 15.6. The number of benzene rings is 1. The molecule has 5 nitrogen and oxygen atoms in total. The first-order chi connectivity index (χ1) is 9.89. The van der Waals surface area contributed by atoms with Gasteiger partial charge in [-0.3, -0.25) is 9.69 Å². The highest BCUT2D eigenvalue weighted by Gasteiger charge is 2.26. The van der Waals surface area contributed by atoms with Gasteiger partial charge in [-0.15, -0.1) is 0 Å². The maximum Gasteiger partial charge on any atom is 0.238 e. The number of nitrogen functional groups attached to an aromatic ring is 1. The SMILES string of the molecule is COc1ccc(NC(=O)CN2CCC(C)(C)CC2)c(N)c1. The van der Waals surface area contributed by atoms with Crippen molar-refractivity contribution in [3.8, 4) is 5.75 Å². The molecule has 0 unspecified atom stereocenters. The van der Waals surface area contributed by atoms with E-state index in [4.69, 9.17) is 10.5 Å². The normalized spacial score (nSPS) is 18.2. The molecule has 21 heavy (non-hydrogen) atoms. The van der Waals surface area contributed by atoms with Crippen LogP contribution in [0, 0.1) is 5.41 Å². The monoisotopic (exact) mass is 291 g/mol. The summed E-state index contributed by atoms with van der Waals surface area (Å²) in [5.41, 5.74) is 7.46. The zero-order valence-corrected chi connectivity index (χ0v) is 13.1. The van der Waals surface area contributed by atoms with Crippen molar-refractivity contribution >= 4 is 17.3 Å². The first-order valence-corrected chi connectivity index (χ1v) is 7.35. The molecule has 5 heteroatoms. The van der Waals surface area contributed by atoms with Crippen molar-refractivity contribution in [2.45, 2.75) is 26.7 Å². The average molecular weight is 291 g/mol. The van der Waals surface area contributed by atoms with Crippen LogP contribution in [-0.4, -0.2) is 37.6 Å². The van der Waals surface area contributed by atoms with Gasteiger partial charge >= 0.3 is 0 Å². The molecule has 0 saturated carbocycles. The number of rotatable bonds is 4. The van der Waals surface area contributed by atoms with Gasteiger partial charge in [-0.2, -0.15) is 0 Å². The minimum atomic E-state index is -0.0217. The smallest absolute Gasteiger partial charge is 0.238 e. The number of amides is 1. The van der Waals surface area contributed by atoms with Crippen molar-refractivity contribution in [1.82, 2.24) is 4.90 Å². The lowest BCUT2D eigenvalue weighted by Gasteiger charge is -2.36. The summed E-state index contributed by atoms with van der Waals surface area (Å²) >= 11 is 0. The molecule has 1 aromatic rings. The average Bonchev–Trinajstić information content (AvgIpc) is 2.43. The molecule has 1 saturated heterocycles. The molecule has 0 radical (unpaired) electrons. The molecular formula is C16H25N3O2. The van der Waals surface area contributed by atoms with Crippen molar-refractivity contribution < 1.29 is 9.53 Å². The van der Waals surface area contributed by atoms with Crippen LogP contribution in [0.2, 0.25) is 0 Å². The Morgan fingerprint density at radius 1 is 1.38 bits per heavy atom. The van der Waals surface area contributed by atoms with E-state index in [1.54, 1.807) is 25.3 Å². The number of nitrogens with zero attached hydrogens (tertiary/aromatic N) is 1. The highest BCUT2D eigenvalue weighted by Crippen LogP contribution is 2.29. The summed E-state index contributed by atoms with van der Waals surface area (Å²) in [5, 5.41) is 2.87. The molecular weight excluding hydrogens is 266 g/mol. The summed E-state index contributed by atoms with van der Waals surface area (Å²) in [6.07, 6.45) is 2.26. The van der Waals surface area contributed by atoms with Crippen LogP contribution < -0.4 is 15.8 Å². The molecule has 0 aliphatic carbocycles. The number of carbonyl (C=O) groups excluding carboxylic acids is 1. The third-order valence-corrected chi connectivity index (χ3v) is 4.11. The molecule has 1 aromatic carbocycles. The number of hydrogen-bond donors (Lipinski definition) is 2. The van der Waals surface area contributed by atoms with E-state index in [1.165, 1.54) is 0 Å². The Kier molecular flexibility index (Phi) is 4.73. The molecule has 0 aromatic heterocycles. The van der Waals surface area contributed by atoms with Gasteiger partial charge in [0.15, 0.2) is 0 Å². The van der Waals surface area contributed by atoms with E-state index >= 15 is 0 Å². The summed E-state index contributed by atoms with van der Waals surface area (Å²) in [4.78, 5) is 14.3. The van der Waals surface area contributed by atoms with Gasteiger partial charge in [0, 0.05) is 6.07 Å². The van der Waals surface area contributed by atoms with Gasteiger partial charge in [0.05, 0.1) is 25.0 Å². The summed E-state index contributed by atoms with van der Waals surface area (Å²) < 4.78 is 5.10. The number of piperidine rings is 1. The Hall–Kier alpha value is -1.75. The number of nitrogens with two attached hydrogens (primary N) is 1. The Morgan fingerprint density at radius 3 is 2.62 bits per heavy atom. The van der Waals surface area contributed by atoms with Crippen LogP contribution >= 0.6 is 0 Å². The van der Waals surface area contributed by atoms with Crippen LogP contribution in [0.25, 0.3) is 0 Å². The van der Waals surface area contributed by atoms with Crippen LogP contribution in [-0.2, 0) is 4.79 Å². The van der Waals surface area contributed by atoms with E-state index in [2.05, 4.69) is 24.1 Å². The standard InChI is InChI=1S/C16H25N3O2/c1-16(2)6-8-19(9-7-16)11-15(20)18-14-5-4-12(21-3)10-13(14)17/h4-5,10H,6-9,11,17H2,1-3H3,(H,18,20). The molecule has 0 atom stereocenters. The number of nitrogens with one attached hydrogen (secondary N) is 1. The Bertz CT molecular complexity index is 504. The zero-order valence-electron chi connectivity index (χ0n) is 13.1. The van der Waals surface area contributed by atoms with E-state index in [0.717, 1.165) is 25.9 Å². The predicted octanol–water partition coefficient (Wildman–Crippen LogP) is 2.34. The fourth-order valence-electron chi connectivity index (χ4n) is 2.49. The van der Waals surface area contributed by atoms with E-state index < -0.39 is 0 Å². The minimum Gasteiger partial charge on any atom is -0.497 e. The largest absolute Gasteiger partial charge is 0.497 e. The van der Waals surface area contributed by atoms with Crippen LogP contribution in [0.1, 0.15) is 26.7 Å². The Balaban J connectivity index is 1.88. The van der Waals surface area contributed by atoms with Gasteiger partial charge in [0.25, 0.3) is 0 Å². The number of methoxy groups -OCH3 is 1. The molecule has 116 valence electrons. The predicted molar refractivity (Wildman–Crippen MR) is 85.5 cm³/mol. The van der Waals surface area contributed by atoms with Gasteiger partial charge in [-0.1, -0.05) is 13.8 Å². The van der Waals surface area contributed by atoms with E-state index in [9.17, 15) is 4.79 Å². The summed E-state index contributed by atoms with van der Waals surface area (Å²) in [5.74, 6) is 0.662. The van der Waals surface area contributed by atoms with Crippen LogP contribution in [0.15, 0.2) is 18.2 Å². The molecule has 0 bridgehead atoms. The van der Waals surface area contributed by atoms with Crippen molar-refractivity contribution in [3.63, 3.8) is 0 Å². The second-order valence-corrected chi connectivity index (χ2v) is 6.44. The van der Waals surface area contributed by atoms with Crippen molar-refractivity contribution in [1.29, 1.82) is 0 Å². The molecule has 1 amide bonds. The van der Waals surface area contributed by atoms with E-state index in [0.29, 0.717) is 29.1 Å². The molecule has 1 aliphatic rings. The highest BCUT2D eigenvalue weighted by molar-refractivity contribution is 5.95. The fourth-order valence-corrected chi connectivity index (χ4v) is 2.49. The van der Waals surface area contributed by atoms with Gasteiger partial charge in [-0.25, -0.2) is 0 Å². The maximum atomic E-state index is 12.1. The lowest BCUT2D eigenvalue weighted by atomic mass is 9.83. The van der Waals surface area contributed by atoms with Gasteiger partial charge in [0.2, 0.25) is 5.91 Å². The lowest BCUT2D eigenvalue weighted by Crippen LogP contribution is -2.41. The number of carbonyl (C=O) groups is 1. The van der Waals surface area contributed by atoms with Gasteiger partial charge in [0.1, 0.15) is 5.75 Å². The number of likely N-dealkylation sites (tertiary alicyclic amines) is 1. The molecule has 0 spiro atoms. The quantitative estimate of drug-likeness (QED) is 0.836. The summed E-state index contributed by atoms with van der Waals surface area (Å²) in [7, 11) is 1.59. The fraction of sp³-hybridized carbons (Fsp3) is 0.562. The molecule has 3 N–H and O–H groups in total. The van der Waals surface area contributed by atoms with Crippen molar-refractivity contribution in [2.24, 2.45) is 5.41 Å². The maximum absolute atomic E-state index is 12.1. The van der Waals surface area contributed by atoms with E-state index in [-0.39, 0.29) is 5.91 Å². The van der Waals surface area contributed by atoms with Gasteiger partial charge < -0.3 is 15.8 Å². The number of anilines is 2. The van der Waals surface area contributed by atoms with Crippen LogP contribution in [0.4, 0.5) is 11.4 Å². The molecule has 1 heterocycles. The van der Waals surface area contributed by atoms with Crippen molar-refractivity contribution in [2.75, 3.05) is 37.8 Å². The third kappa shape index (κ3) is 4.36. The second kappa shape index (κ2) is 6.35. The lowest BCUT2D eigenvalue weighted by molar-refractivity contribution is -0.117. The Morgan fingerprint density at radius 2 is 2.05 bits per heavy atom. The number of ether oxygens (including phenoxy) is 1.